The summed E-state index contributed by atoms with van der Waals surface area (Å²) in [6.45, 7) is 4.35. The molecule has 78 valence electrons. The lowest BCUT2D eigenvalue weighted by Crippen LogP contribution is -2.39. The van der Waals surface area contributed by atoms with Crippen LogP contribution in [-0.2, 0) is 11.3 Å². The molecule has 0 radical (unpaired) electrons. The second kappa shape index (κ2) is 5.07. The first-order valence-electron chi connectivity index (χ1n) is 4.58. The number of aromatic nitrogens is 1. The highest BCUT2D eigenvalue weighted by Crippen LogP contribution is 2.10. The van der Waals surface area contributed by atoms with Crippen molar-refractivity contribution < 1.29 is 4.79 Å². The third kappa shape index (κ3) is 3.08. The number of amides is 1. The first-order valence-corrected chi connectivity index (χ1v) is 5.39. The summed E-state index contributed by atoms with van der Waals surface area (Å²) in [7, 11) is 0. The molecule has 1 rings (SSSR count). The van der Waals surface area contributed by atoms with Crippen molar-refractivity contribution >= 4 is 17.2 Å². The molecule has 0 aliphatic rings. The molecule has 3 N–H and O–H groups in total. The second-order valence-electron chi connectivity index (χ2n) is 3.08. The van der Waals surface area contributed by atoms with E-state index >= 15 is 0 Å². The zero-order chi connectivity index (χ0) is 10.6. The summed E-state index contributed by atoms with van der Waals surface area (Å²) < 4.78 is 0. The number of rotatable bonds is 4. The largest absolute Gasteiger partial charge is 0.350 e. The maximum atomic E-state index is 11.3. The molecule has 4 nitrogen and oxygen atoms in total. The van der Waals surface area contributed by atoms with Crippen molar-refractivity contribution in [3.8, 4) is 0 Å². The summed E-state index contributed by atoms with van der Waals surface area (Å²) in [6, 6.07) is -0.399. The molecule has 0 unspecified atom stereocenters. The molecule has 0 aromatic carbocycles. The Morgan fingerprint density at radius 2 is 2.50 bits per heavy atom. The number of nitrogens with two attached hydrogens (primary N) is 1. The van der Waals surface area contributed by atoms with Gasteiger partial charge in [0.15, 0.2) is 0 Å². The Labute approximate surface area is 87.5 Å². The Hall–Kier alpha value is -0.940. The second-order valence-corrected chi connectivity index (χ2v) is 4.40. The molecule has 1 aromatic rings. The molecule has 1 amide bonds. The van der Waals surface area contributed by atoms with Crippen LogP contribution in [0.15, 0.2) is 6.20 Å². The van der Waals surface area contributed by atoms with Crippen LogP contribution in [0.25, 0.3) is 0 Å². The van der Waals surface area contributed by atoms with E-state index in [1.165, 1.54) is 0 Å². The van der Waals surface area contributed by atoms with Crippen LogP contribution in [0.5, 0.6) is 0 Å². The van der Waals surface area contributed by atoms with Gasteiger partial charge in [-0.25, -0.2) is 4.98 Å². The Morgan fingerprint density at radius 3 is 3.00 bits per heavy atom. The van der Waals surface area contributed by atoms with E-state index in [9.17, 15) is 4.79 Å². The molecule has 0 saturated heterocycles. The van der Waals surface area contributed by atoms with Crippen molar-refractivity contribution in [2.75, 3.05) is 0 Å². The van der Waals surface area contributed by atoms with E-state index in [2.05, 4.69) is 10.3 Å². The van der Waals surface area contributed by atoms with Gasteiger partial charge in [0.25, 0.3) is 0 Å². The van der Waals surface area contributed by atoms with Crippen LogP contribution in [-0.4, -0.2) is 16.9 Å². The Balaban J connectivity index is 2.37. The molecule has 1 atom stereocenters. The SMILES string of the molecule is CC[C@@H](N)C(=O)NCc1cnc(C)s1. The molecule has 0 bridgehead atoms. The highest BCUT2D eigenvalue weighted by molar-refractivity contribution is 7.11. The Kier molecular flexibility index (Phi) is 4.03. The van der Waals surface area contributed by atoms with Crippen molar-refractivity contribution in [3.05, 3.63) is 16.1 Å². The topological polar surface area (TPSA) is 68.0 Å². The average molecular weight is 213 g/mol. The molecule has 0 saturated carbocycles. The third-order valence-corrected chi connectivity index (χ3v) is 2.80. The van der Waals surface area contributed by atoms with Gasteiger partial charge in [-0.2, -0.15) is 0 Å². The summed E-state index contributed by atoms with van der Waals surface area (Å²) >= 11 is 1.58. The summed E-state index contributed by atoms with van der Waals surface area (Å²) in [5.74, 6) is -0.0986. The van der Waals surface area contributed by atoms with Gasteiger partial charge < -0.3 is 11.1 Å². The zero-order valence-electron chi connectivity index (χ0n) is 8.41. The quantitative estimate of drug-likeness (QED) is 0.777. The minimum absolute atomic E-state index is 0.0986. The zero-order valence-corrected chi connectivity index (χ0v) is 9.23. The number of nitrogens with zero attached hydrogens (tertiary/aromatic N) is 1. The van der Waals surface area contributed by atoms with Gasteiger partial charge in [-0.3, -0.25) is 4.79 Å². The maximum Gasteiger partial charge on any atom is 0.237 e. The molecule has 0 aliphatic heterocycles. The highest BCUT2D eigenvalue weighted by atomic mass is 32.1. The van der Waals surface area contributed by atoms with Crippen LogP contribution in [0.2, 0.25) is 0 Å². The number of nitrogens with one attached hydrogen (secondary N) is 1. The van der Waals surface area contributed by atoms with Gasteiger partial charge in [-0.05, 0) is 13.3 Å². The fourth-order valence-electron chi connectivity index (χ4n) is 0.978. The van der Waals surface area contributed by atoms with Crippen LogP contribution in [0, 0.1) is 6.92 Å². The van der Waals surface area contributed by atoms with Crippen LogP contribution in [0.3, 0.4) is 0 Å². The molecular formula is C9H15N3OS. The number of thiazole rings is 1. The maximum absolute atomic E-state index is 11.3. The van der Waals surface area contributed by atoms with Gasteiger partial charge >= 0.3 is 0 Å². The lowest BCUT2D eigenvalue weighted by molar-refractivity contribution is -0.122. The minimum Gasteiger partial charge on any atom is -0.350 e. The number of hydrogen-bond donors (Lipinski definition) is 2. The first kappa shape index (κ1) is 11.1. The van der Waals surface area contributed by atoms with Gasteiger partial charge in [0.1, 0.15) is 0 Å². The van der Waals surface area contributed by atoms with E-state index in [1.807, 2.05) is 13.8 Å². The summed E-state index contributed by atoms with van der Waals surface area (Å²) in [5.41, 5.74) is 5.56. The number of carbonyl (C=O) groups excluding carboxylic acids is 1. The van der Waals surface area contributed by atoms with Gasteiger partial charge in [0, 0.05) is 11.1 Å². The average Bonchev–Trinajstić information content (AvgIpc) is 2.59. The normalized spacial score (nSPS) is 12.5. The molecule has 1 heterocycles. The van der Waals surface area contributed by atoms with Gasteiger partial charge in [0.2, 0.25) is 5.91 Å². The molecule has 14 heavy (non-hydrogen) atoms. The van der Waals surface area contributed by atoms with Gasteiger partial charge in [-0.1, -0.05) is 6.92 Å². The lowest BCUT2D eigenvalue weighted by atomic mass is 10.2. The van der Waals surface area contributed by atoms with E-state index in [0.717, 1.165) is 9.88 Å². The lowest BCUT2D eigenvalue weighted by Gasteiger charge is -2.08. The molecule has 0 spiro atoms. The molecule has 1 aromatic heterocycles. The number of aryl methyl sites for hydroxylation is 1. The van der Waals surface area contributed by atoms with Crippen LogP contribution in [0.4, 0.5) is 0 Å². The van der Waals surface area contributed by atoms with Gasteiger partial charge in [-0.15, -0.1) is 11.3 Å². The Morgan fingerprint density at radius 1 is 1.79 bits per heavy atom. The van der Waals surface area contributed by atoms with E-state index in [1.54, 1.807) is 17.5 Å². The van der Waals surface area contributed by atoms with Crippen molar-refractivity contribution in [3.63, 3.8) is 0 Å². The standard InChI is InChI=1S/C9H15N3OS/c1-3-8(10)9(13)12-5-7-4-11-6(2)14-7/h4,8H,3,5,10H2,1-2H3,(H,12,13)/t8-/m1/s1. The van der Waals surface area contributed by atoms with Crippen LogP contribution < -0.4 is 11.1 Å². The van der Waals surface area contributed by atoms with Crippen molar-refractivity contribution in [1.29, 1.82) is 0 Å². The van der Waals surface area contributed by atoms with Gasteiger partial charge in [0.05, 0.1) is 17.6 Å². The van der Waals surface area contributed by atoms with E-state index in [0.29, 0.717) is 13.0 Å². The van der Waals surface area contributed by atoms with Crippen molar-refractivity contribution in [2.24, 2.45) is 5.73 Å². The van der Waals surface area contributed by atoms with Crippen molar-refractivity contribution in [1.82, 2.24) is 10.3 Å². The number of hydrogen-bond acceptors (Lipinski definition) is 4. The molecular weight excluding hydrogens is 198 g/mol. The van der Waals surface area contributed by atoms with Crippen molar-refractivity contribution in [2.45, 2.75) is 32.9 Å². The van der Waals surface area contributed by atoms with Crippen LogP contribution in [0.1, 0.15) is 23.2 Å². The molecule has 0 fully saturated rings. The fraction of sp³-hybridized carbons (Fsp3) is 0.556. The highest BCUT2D eigenvalue weighted by Gasteiger charge is 2.10. The monoisotopic (exact) mass is 213 g/mol. The predicted octanol–water partition coefficient (Wildman–Crippen LogP) is 0.805. The smallest absolute Gasteiger partial charge is 0.237 e. The van der Waals surface area contributed by atoms with E-state index < -0.39 is 6.04 Å². The summed E-state index contributed by atoms with van der Waals surface area (Å²) in [6.07, 6.45) is 2.44. The van der Waals surface area contributed by atoms with E-state index in [4.69, 9.17) is 5.73 Å². The molecule has 0 aliphatic carbocycles. The summed E-state index contributed by atoms with van der Waals surface area (Å²) in [4.78, 5) is 16.5. The Bertz CT molecular complexity index is 311. The summed E-state index contributed by atoms with van der Waals surface area (Å²) in [5, 5.41) is 3.78. The first-order chi connectivity index (χ1) is 6.63. The number of carbonyl (C=O) groups is 1. The van der Waals surface area contributed by atoms with Crippen LogP contribution >= 0.6 is 11.3 Å². The third-order valence-electron chi connectivity index (χ3n) is 1.88. The molecule has 5 heteroatoms. The minimum atomic E-state index is -0.399. The predicted molar refractivity (Wildman–Crippen MR) is 57.0 cm³/mol. The fourth-order valence-corrected chi connectivity index (χ4v) is 1.71. The van der Waals surface area contributed by atoms with E-state index in [-0.39, 0.29) is 5.91 Å².